The van der Waals surface area contributed by atoms with E-state index in [9.17, 15) is 9.59 Å². The van der Waals surface area contributed by atoms with Crippen molar-refractivity contribution in [2.24, 2.45) is 0 Å². The van der Waals surface area contributed by atoms with E-state index in [-0.39, 0.29) is 5.69 Å². The number of hydrogen-bond acceptors (Lipinski definition) is 8. The van der Waals surface area contributed by atoms with E-state index in [1.54, 1.807) is 20.8 Å². The molecule has 26 heavy (non-hydrogen) atoms. The summed E-state index contributed by atoms with van der Waals surface area (Å²) in [7, 11) is 0. The van der Waals surface area contributed by atoms with Crippen LogP contribution in [0.1, 0.15) is 31.3 Å². The van der Waals surface area contributed by atoms with Gasteiger partial charge >= 0.3 is 11.9 Å². The molecule has 2 aromatic heterocycles. The smallest absolute Gasteiger partial charge is 0.359 e. The maximum Gasteiger partial charge on any atom is 0.359 e. The standard InChI is InChI=1S/C18H17N3O4S/c1-18(2,3)25-13(22)10-24-17(23)15-14(19-8-9-20-15)16-21-11-6-4-5-7-12(11)26-16/h4-9H,10H2,1-3H3. The van der Waals surface area contributed by atoms with E-state index >= 15 is 0 Å². The highest BCUT2D eigenvalue weighted by molar-refractivity contribution is 7.21. The molecule has 0 unspecified atom stereocenters. The van der Waals surface area contributed by atoms with Crippen molar-refractivity contribution in [2.75, 3.05) is 6.61 Å². The minimum Gasteiger partial charge on any atom is -0.457 e. The normalized spacial score (nSPS) is 11.3. The third-order valence-electron chi connectivity index (χ3n) is 3.13. The Hall–Kier alpha value is -2.87. The minimum absolute atomic E-state index is 0.00937. The van der Waals surface area contributed by atoms with E-state index < -0.39 is 24.1 Å². The Morgan fingerprint density at radius 1 is 1.12 bits per heavy atom. The van der Waals surface area contributed by atoms with Crippen molar-refractivity contribution in [3.05, 3.63) is 42.4 Å². The van der Waals surface area contributed by atoms with E-state index in [1.807, 2.05) is 24.3 Å². The maximum absolute atomic E-state index is 12.4. The van der Waals surface area contributed by atoms with Crippen molar-refractivity contribution >= 4 is 33.5 Å². The fourth-order valence-electron chi connectivity index (χ4n) is 2.18. The highest BCUT2D eigenvalue weighted by Crippen LogP contribution is 2.30. The van der Waals surface area contributed by atoms with Crippen LogP contribution in [0.25, 0.3) is 20.9 Å². The lowest BCUT2D eigenvalue weighted by Crippen LogP contribution is -2.27. The molecule has 0 bridgehead atoms. The molecule has 0 saturated carbocycles. The quantitative estimate of drug-likeness (QED) is 0.650. The van der Waals surface area contributed by atoms with E-state index in [1.165, 1.54) is 23.7 Å². The van der Waals surface area contributed by atoms with Gasteiger partial charge in [0.05, 0.1) is 10.2 Å². The van der Waals surface area contributed by atoms with Gasteiger partial charge in [0, 0.05) is 12.4 Å². The van der Waals surface area contributed by atoms with Crippen molar-refractivity contribution in [3.63, 3.8) is 0 Å². The van der Waals surface area contributed by atoms with Gasteiger partial charge in [-0.15, -0.1) is 11.3 Å². The van der Waals surface area contributed by atoms with Gasteiger partial charge in [0.1, 0.15) is 16.3 Å². The summed E-state index contributed by atoms with van der Waals surface area (Å²) >= 11 is 1.40. The highest BCUT2D eigenvalue weighted by Gasteiger charge is 2.22. The van der Waals surface area contributed by atoms with E-state index in [0.29, 0.717) is 10.7 Å². The van der Waals surface area contributed by atoms with Gasteiger partial charge in [0.15, 0.2) is 12.3 Å². The van der Waals surface area contributed by atoms with Gasteiger partial charge < -0.3 is 9.47 Å². The molecular weight excluding hydrogens is 354 g/mol. The molecule has 0 fully saturated rings. The lowest BCUT2D eigenvalue weighted by molar-refractivity contribution is -0.158. The predicted octanol–water partition coefficient (Wildman–Crippen LogP) is 3.25. The first-order chi connectivity index (χ1) is 12.3. The number of thiazole rings is 1. The summed E-state index contributed by atoms with van der Waals surface area (Å²) in [6.07, 6.45) is 2.87. The molecule has 0 atom stereocenters. The predicted molar refractivity (Wildman–Crippen MR) is 96.8 cm³/mol. The number of nitrogens with zero attached hydrogens (tertiary/aromatic N) is 3. The van der Waals surface area contributed by atoms with Gasteiger partial charge in [0.2, 0.25) is 0 Å². The number of carbonyl (C=O) groups excluding carboxylic acids is 2. The average Bonchev–Trinajstić information content (AvgIpc) is 3.02. The molecule has 8 heteroatoms. The largest absolute Gasteiger partial charge is 0.457 e. The number of aromatic nitrogens is 3. The average molecular weight is 371 g/mol. The fourth-order valence-corrected chi connectivity index (χ4v) is 3.14. The summed E-state index contributed by atoms with van der Waals surface area (Å²) in [6, 6.07) is 7.62. The molecule has 0 aliphatic carbocycles. The molecular formula is C18H17N3O4S. The van der Waals surface area contributed by atoms with Crippen LogP contribution in [-0.4, -0.2) is 39.1 Å². The van der Waals surface area contributed by atoms with Crippen LogP contribution in [0.2, 0.25) is 0 Å². The molecule has 0 aliphatic rings. The topological polar surface area (TPSA) is 91.3 Å². The Labute approximate surface area is 154 Å². The number of carbonyl (C=O) groups is 2. The van der Waals surface area contributed by atoms with Gasteiger partial charge in [-0.05, 0) is 32.9 Å². The fraction of sp³-hybridized carbons (Fsp3) is 0.278. The molecule has 0 radical (unpaired) electrons. The zero-order chi connectivity index (χ0) is 18.7. The van der Waals surface area contributed by atoms with E-state index in [0.717, 1.165) is 10.2 Å². The summed E-state index contributed by atoms with van der Waals surface area (Å²) in [6.45, 7) is 4.72. The summed E-state index contributed by atoms with van der Waals surface area (Å²) in [5, 5.41) is 0.559. The van der Waals surface area contributed by atoms with Gasteiger partial charge in [-0.3, -0.25) is 0 Å². The summed E-state index contributed by atoms with van der Waals surface area (Å²) < 4.78 is 11.1. The van der Waals surface area contributed by atoms with Crippen molar-refractivity contribution in [1.82, 2.24) is 15.0 Å². The molecule has 3 rings (SSSR count). The number of hydrogen-bond donors (Lipinski definition) is 0. The number of para-hydroxylation sites is 1. The molecule has 0 N–H and O–H groups in total. The Balaban J connectivity index is 1.80. The van der Waals surface area contributed by atoms with Crippen LogP contribution in [0.5, 0.6) is 0 Å². The second-order valence-electron chi connectivity index (χ2n) is 6.40. The Kier molecular flexibility index (Phi) is 4.94. The van der Waals surface area contributed by atoms with Crippen LogP contribution in [-0.2, 0) is 14.3 Å². The first-order valence-corrected chi connectivity index (χ1v) is 8.71. The Bertz CT molecular complexity index is 929. The lowest BCUT2D eigenvalue weighted by Gasteiger charge is -2.19. The van der Waals surface area contributed by atoms with Crippen LogP contribution in [0.3, 0.4) is 0 Å². The lowest BCUT2D eigenvalue weighted by atomic mass is 10.2. The van der Waals surface area contributed by atoms with Gasteiger partial charge in [-0.2, -0.15) is 0 Å². The summed E-state index contributed by atoms with van der Waals surface area (Å²) in [5.74, 6) is -1.38. The van der Waals surface area contributed by atoms with Crippen molar-refractivity contribution in [1.29, 1.82) is 0 Å². The van der Waals surface area contributed by atoms with Gasteiger partial charge in [-0.25, -0.2) is 24.5 Å². The minimum atomic E-state index is -0.752. The molecule has 3 aromatic rings. The van der Waals surface area contributed by atoms with Gasteiger partial charge in [0.25, 0.3) is 0 Å². The molecule has 134 valence electrons. The van der Waals surface area contributed by atoms with Gasteiger partial charge in [-0.1, -0.05) is 12.1 Å². The zero-order valence-corrected chi connectivity index (χ0v) is 15.4. The SMILES string of the molecule is CC(C)(C)OC(=O)COC(=O)c1nccnc1-c1nc2ccccc2s1. The van der Waals surface area contributed by atoms with Crippen molar-refractivity contribution < 1.29 is 19.1 Å². The zero-order valence-electron chi connectivity index (χ0n) is 14.6. The second kappa shape index (κ2) is 7.17. The number of rotatable bonds is 4. The van der Waals surface area contributed by atoms with Crippen LogP contribution in [0.4, 0.5) is 0 Å². The van der Waals surface area contributed by atoms with Crippen molar-refractivity contribution in [3.8, 4) is 10.7 Å². The van der Waals surface area contributed by atoms with Crippen LogP contribution in [0, 0.1) is 0 Å². The molecule has 0 amide bonds. The van der Waals surface area contributed by atoms with Crippen LogP contribution < -0.4 is 0 Å². The number of esters is 2. The maximum atomic E-state index is 12.4. The van der Waals surface area contributed by atoms with Crippen LogP contribution in [0.15, 0.2) is 36.7 Å². The molecule has 7 nitrogen and oxygen atoms in total. The molecule has 0 aliphatic heterocycles. The first-order valence-electron chi connectivity index (χ1n) is 7.89. The van der Waals surface area contributed by atoms with E-state index in [4.69, 9.17) is 9.47 Å². The number of benzene rings is 1. The van der Waals surface area contributed by atoms with Crippen LogP contribution >= 0.6 is 11.3 Å². The number of fused-ring (bicyclic) bond motifs is 1. The second-order valence-corrected chi connectivity index (χ2v) is 7.43. The molecule has 1 aromatic carbocycles. The molecule has 0 spiro atoms. The molecule has 2 heterocycles. The summed E-state index contributed by atoms with van der Waals surface area (Å²) in [5.41, 5.74) is 0.492. The van der Waals surface area contributed by atoms with E-state index in [2.05, 4.69) is 15.0 Å². The first kappa shape index (κ1) is 17.9. The van der Waals surface area contributed by atoms with Crippen molar-refractivity contribution in [2.45, 2.75) is 26.4 Å². The highest BCUT2D eigenvalue weighted by atomic mass is 32.1. The monoisotopic (exact) mass is 371 g/mol. The Morgan fingerprint density at radius 2 is 1.85 bits per heavy atom. The summed E-state index contributed by atoms with van der Waals surface area (Å²) in [4.78, 5) is 36.9. The third-order valence-corrected chi connectivity index (χ3v) is 4.17. The number of ether oxygens (including phenoxy) is 2. The molecule has 0 saturated heterocycles. The Morgan fingerprint density at radius 3 is 2.58 bits per heavy atom. The third kappa shape index (κ3) is 4.20.